The first kappa shape index (κ1) is 28.7. The predicted molar refractivity (Wildman–Crippen MR) is 155 cm³/mol. The van der Waals surface area contributed by atoms with Crippen molar-refractivity contribution in [1.82, 2.24) is 4.90 Å². The van der Waals surface area contributed by atoms with Crippen LogP contribution in [0.3, 0.4) is 0 Å². The van der Waals surface area contributed by atoms with Gasteiger partial charge in [0.05, 0.1) is 43.0 Å². The number of nitrogens with one attached hydrogen (secondary N) is 1. The highest BCUT2D eigenvalue weighted by atomic mass is 16.8. The lowest BCUT2D eigenvalue weighted by molar-refractivity contribution is -0.168. The molecule has 2 N–H and O–H groups in total. The summed E-state index contributed by atoms with van der Waals surface area (Å²) in [7, 11) is 1.37. The molecule has 9 heteroatoms. The molecule has 2 saturated heterocycles. The number of methoxy groups -OCH3 is 1. The van der Waals surface area contributed by atoms with Crippen molar-refractivity contribution in [3.63, 3.8) is 0 Å². The van der Waals surface area contributed by atoms with Crippen molar-refractivity contribution >= 4 is 17.7 Å². The number of fused-ring (bicyclic) bond motifs is 1. The second kappa shape index (κ2) is 10.7. The quantitative estimate of drug-likeness (QED) is 0.455. The van der Waals surface area contributed by atoms with Crippen LogP contribution in [0, 0.1) is 11.8 Å². The van der Waals surface area contributed by atoms with Crippen molar-refractivity contribution in [2.24, 2.45) is 11.8 Å². The number of esters is 1. The Bertz CT molecular complexity index is 1390. The number of anilines is 1. The van der Waals surface area contributed by atoms with Crippen LogP contribution in [-0.4, -0.2) is 66.4 Å². The number of hydrogen-bond donors (Lipinski definition) is 2. The van der Waals surface area contributed by atoms with Crippen LogP contribution >= 0.6 is 0 Å². The second-order valence-corrected chi connectivity index (χ2v) is 12.3. The summed E-state index contributed by atoms with van der Waals surface area (Å²) < 4.78 is 23.8. The molecule has 9 nitrogen and oxygen atoms in total. The maximum Gasteiger partial charge on any atom is 0.410 e. The van der Waals surface area contributed by atoms with E-state index in [-0.39, 0.29) is 19.1 Å². The fourth-order valence-electron chi connectivity index (χ4n) is 7.89. The molecule has 2 fully saturated rings. The van der Waals surface area contributed by atoms with Crippen molar-refractivity contribution in [1.29, 1.82) is 0 Å². The number of aliphatic hydroxyl groups excluding tert-OH is 1. The number of rotatable bonds is 7. The van der Waals surface area contributed by atoms with E-state index in [2.05, 4.69) is 18.3 Å². The summed E-state index contributed by atoms with van der Waals surface area (Å²) >= 11 is 0. The summed E-state index contributed by atoms with van der Waals surface area (Å²) in [6, 6.07) is 17.2. The number of benzene rings is 2. The Kier molecular flexibility index (Phi) is 7.32. The zero-order valence-electron chi connectivity index (χ0n) is 24.7. The van der Waals surface area contributed by atoms with Crippen LogP contribution in [0.2, 0.25) is 0 Å². The van der Waals surface area contributed by atoms with Crippen LogP contribution in [0.1, 0.15) is 51.2 Å². The average Bonchev–Trinajstić information content (AvgIpc) is 3.66. The summed E-state index contributed by atoms with van der Waals surface area (Å²) in [5.74, 6) is -2.21. The third-order valence-electron chi connectivity index (χ3n) is 9.70. The van der Waals surface area contributed by atoms with E-state index in [0.717, 1.165) is 16.8 Å². The molecule has 6 rings (SSSR count). The van der Waals surface area contributed by atoms with Gasteiger partial charge in [0.2, 0.25) is 0 Å². The highest BCUT2D eigenvalue weighted by Crippen LogP contribution is 2.61. The van der Waals surface area contributed by atoms with Crippen molar-refractivity contribution in [2.75, 3.05) is 32.2 Å². The first-order valence-electron chi connectivity index (χ1n) is 14.8. The molecular weight excluding hydrogens is 536 g/mol. The summed E-state index contributed by atoms with van der Waals surface area (Å²) in [4.78, 5) is 29.3. The Morgan fingerprint density at radius 1 is 1.12 bits per heavy atom. The van der Waals surface area contributed by atoms with Crippen molar-refractivity contribution in [3.05, 3.63) is 77.0 Å². The number of carbonyl (C=O) groups excluding carboxylic acids is 2. The van der Waals surface area contributed by atoms with Crippen LogP contribution in [0.4, 0.5) is 10.5 Å². The lowest BCUT2D eigenvalue weighted by Gasteiger charge is -2.50. The van der Waals surface area contributed by atoms with Gasteiger partial charge in [-0.05, 0) is 56.2 Å². The Morgan fingerprint density at radius 3 is 2.52 bits per heavy atom. The first-order chi connectivity index (χ1) is 20.2. The van der Waals surface area contributed by atoms with Crippen LogP contribution < -0.4 is 5.32 Å². The van der Waals surface area contributed by atoms with E-state index >= 15 is 0 Å². The number of carbonyl (C=O) groups is 2. The number of amides is 1. The SMILES string of the molecule is CC[C@]1(C[C@H]2[C@H](CO)C(C(=O)OC)=C3Nc4ccccc4[C@]34CCN(C(=O)OCc3ccccc3)[C@H]24)COC(C)(C)O1. The number of hydrogen-bond acceptors (Lipinski definition) is 8. The molecule has 4 aliphatic rings. The number of para-hydroxylation sites is 1. The normalized spacial score (nSPS) is 30.8. The third-order valence-corrected chi connectivity index (χ3v) is 9.70. The van der Waals surface area contributed by atoms with Gasteiger partial charge in [0.1, 0.15) is 6.61 Å². The third kappa shape index (κ3) is 4.49. The van der Waals surface area contributed by atoms with Crippen LogP contribution in [0.15, 0.2) is 65.9 Å². The van der Waals surface area contributed by atoms with Gasteiger partial charge in [0, 0.05) is 23.8 Å². The Balaban J connectivity index is 1.48. The summed E-state index contributed by atoms with van der Waals surface area (Å²) in [6.07, 6.45) is 1.32. The van der Waals surface area contributed by atoms with Gasteiger partial charge in [-0.1, -0.05) is 55.5 Å². The van der Waals surface area contributed by atoms with E-state index in [9.17, 15) is 14.7 Å². The van der Waals surface area contributed by atoms with Crippen LogP contribution in [0.25, 0.3) is 0 Å². The molecule has 1 aliphatic carbocycles. The lowest BCUT2D eigenvalue weighted by atomic mass is 9.58. The van der Waals surface area contributed by atoms with Gasteiger partial charge in [-0.15, -0.1) is 0 Å². The van der Waals surface area contributed by atoms with E-state index < -0.39 is 40.8 Å². The summed E-state index contributed by atoms with van der Waals surface area (Å²) in [5.41, 5.74) is 2.60. The Labute approximate surface area is 246 Å². The van der Waals surface area contributed by atoms with Crippen molar-refractivity contribution < 1.29 is 33.6 Å². The van der Waals surface area contributed by atoms with Crippen molar-refractivity contribution in [3.8, 4) is 0 Å². The number of likely N-dealkylation sites (tertiary alicyclic amines) is 1. The van der Waals surface area contributed by atoms with Gasteiger partial charge < -0.3 is 34.3 Å². The second-order valence-electron chi connectivity index (χ2n) is 12.3. The molecule has 1 spiro atoms. The van der Waals surface area contributed by atoms with Gasteiger partial charge in [-0.2, -0.15) is 0 Å². The molecule has 0 unspecified atom stereocenters. The highest BCUT2D eigenvalue weighted by molar-refractivity contribution is 5.94. The van der Waals surface area contributed by atoms with E-state index in [0.29, 0.717) is 43.7 Å². The van der Waals surface area contributed by atoms with E-state index in [1.807, 2.05) is 67.3 Å². The zero-order valence-corrected chi connectivity index (χ0v) is 24.7. The maximum atomic E-state index is 13.9. The molecule has 0 radical (unpaired) electrons. The summed E-state index contributed by atoms with van der Waals surface area (Å²) in [6.45, 7) is 6.53. The molecule has 0 saturated carbocycles. The fourth-order valence-corrected chi connectivity index (χ4v) is 7.89. The largest absolute Gasteiger partial charge is 0.466 e. The zero-order chi connectivity index (χ0) is 29.7. The minimum absolute atomic E-state index is 0.152. The molecule has 2 aromatic carbocycles. The number of nitrogens with zero attached hydrogens (tertiary/aromatic N) is 1. The molecule has 2 aromatic rings. The minimum atomic E-state index is -0.769. The molecule has 224 valence electrons. The Morgan fingerprint density at radius 2 is 1.86 bits per heavy atom. The minimum Gasteiger partial charge on any atom is -0.466 e. The molecular formula is C33H40N2O7. The van der Waals surface area contributed by atoms with E-state index in [1.165, 1.54) is 7.11 Å². The molecule has 0 aromatic heterocycles. The fraction of sp³-hybridized carbons (Fsp3) is 0.515. The lowest BCUT2D eigenvalue weighted by Crippen LogP contribution is -2.58. The standard InChI is InChI=1S/C33H40N2O7/c1-5-32(20-41-31(2,3)42-32)17-22-23(18-36)26(29(37)39-4)27-33(24-13-9-10-14-25(24)34-27)15-16-35(28(22)33)30(38)40-19-21-11-7-6-8-12-21/h6-14,22-23,28,34,36H,5,15-20H2,1-4H3/t22-,23-,28+,32-,33+/m0/s1. The maximum absolute atomic E-state index is 13.9. The molecule has 3 heterocycles. The molecule has 1 amide bonds. The molecule has 0 bridgehead atoms. The monoisotopic (exact) mass is 576 g/mol. The average molecular weight is 577 g/mol. The predicted octanol–water partition coefficient (Wildman–Crippen LogP) is 4.75. The first-order valence-corrected chi connectivity index (χ1v) is 14.8. The van der Waals surface area contributed by atoms with Gasteiger partial charge in [-0.25, -0.2) is 9.59 Å². The van der Waals surface area contributed by atoms with Crippen LogP contribution in [-0.2, 0) is 35.8 Å². The highest BCUT2D eigenvalue weighted by Gasteiger charge is 2.66. The van der Waals surface area contributed by atoms with E-state index in [1.54, 1.807) is 0 Å². The van der Waals surface area contributed by atoms with Gasteiger partial charge in [0.25, 0.3) is 0 Å². The number of aliphatic hydroxyl groups is 1. The Hall–Kier alpha value is -3.40. The molecule has 42 heavy (non-hydrogen) atoms. The van der Waals surface area contributed by atoms with Crippen molar-refractivity contribution in [2.45, 2.75) is 69.5 Å². The van der Waals surface area contributed by atoms with Crippen LogP contribution in [0.5, 0.6) is 0 Å². The van der Waals surface area contributed by atoms with E-state index in [4.69, 9.17) is 18.9 Å². The van der Waals surface area contributed by atoms with Gasteiger partial charge in [-0.3, -0.25) is 0 Å². The van der Waals surface area contributed by atoms with Gasteiger partial charge in [0.15, 0.2) is 5.79 Å². The topological polar surface area (TPSA) is 107 Å². The molecule has 5 atom stereocenters. The smallest absolute Gasteiger partial charge is 0.410 e. The molecule has 3 aliphatic heterocycles. The number of ether oxygens (including phenoxy) is 4. The summed E-state index contributed by atoms with van der Waals surface area (Å²) in [5, 5.41) is 14.5. The van der Waals surface area contributed by atoms with Gasteiger partial charge >= 0.3 is 12.1 Å².